The standard InChI is InChI=1S/C11H21N5S/c1-3-12-9(2)5-4-8-17-11-13-14-15-16(11)10-6-7-10/h9-10,12H,3-8H2,1-2H3. The van der Waals surface area contributed by atoms with E-state index in [-0.39, 0.29) is 0 Å². The molecular formula is C11H21N5S. The second-order valence-electron chi connectivity index (χ2n) is 4.59. The number of rotatable bonds is 8. The fraction of sp³-hybridized carbons (Fsp3) is 0.909. The maximum atomic E-state index is 4.08. The molecule has 0 saturated heterocycles. The SMILES string of the molecule is CCNC(C)CCCSc1nnnn1C1CC1. The lowest BCUT2D eigenvalue weighted by molar-refractivity contribution is 0.525. The van der Waals surface area contributed by atoms with Crippen LogP contribution in [0.4, 0.5) is 0 Å². The van der Waals surface area contributed by atoms with Gasteiger partial charge in [0.15, 0.2) is 0 Å². The third-order valence-corrected chi connectivity index (χ3v) is 3.94. The van der Waals surface area contributed by atoms with Crippen LogP contribution in [0.2, 0.25) is 0 Å². The van der Waals surface area contributed by atoms with Gasteiger partial charge in [-0.2, -0.15) is 0 Å². The first-order valence-corrected chi connectivity index (χ1v) is 7.44. The quantitative estimate of drug-likeness (QED) is 0.568. The van der Waals surface area contributed by atoms with Gasteiger partial charge in [-0.25, -0.2) is 4.68 Å². The number of tetrazole rings is 1. The van der Waals surface area contributed by atoms with Crippen LogP contribution in [0.5, 0.6) is 0 Å². The molecule has 96 valence electrons. The molecule has 1 aliphatic rings. The van der Waals surface area contributed by atoms with Gasteiger partial charge in [0.25, 0.3) is 0 Å². The first-order valence-electron chi connectivity index (χ1n) is 6.45. The van der Waals surface area contributed by atoms with Gasteiger partial charge in [0.2, 0.25) is 5.16 Å². The zero-order valence-corrected chi connectivity index (χ0v) is 11.4. The van der Waals surface area contributed by atoms with Gasteiger partial charge in [-0.05, 0) is 49.6 Å². The lowest BCUT2D eigenvalue weighted by Crippen LogP contribution is -2.25. The van der Waals surface area contributed by atoms with Crippen LogP contribution in [0, 0.1) is 0 Å². The summed E-state index contributed by atoms with van der Waals surface area (Å²) >= 11 is 1.78. The van der Waals surface area contributed by atoms with Crippen molar-refractivity contribution in [3.05, 3.63) is 0 Å². The normalized spacial score (nSPS) is 17.3. The summed E-state index contributed by atoms with van der Waals surface area (Å²) in [6.07, 6.45) is 4.88. The monoisotopic (exact) mass is 255 g/mol. The van der Waals surface area contributed by atoms with Crippen LogP contribution in [0.1, 0.15) is 45.6 Å². The van der Waals surface area contributed by atoms with Crippen LogP contribution in [-0.4, -0.2) is 38.5 Å². The van der Waals surface area contributed by atoms with Gasteiger partial charge in [0, 0.05) is 11.8 Å². The van der Waals surface area contributed by atoms with Crippen LogP contribution in [0.15, 0.2) is 5.16 Å². The van der Waals surface area contributed by atoms with E-state index in [1.807, 2.05) is 4.68 Å². The van der Waals surface area contributed by atoms with E-state index in [1.54, 1.807) is 11.8 Å². The van der Waals surface area contributed by atoms with E-state index in [1.165, 1.54) is 25.7 Å². The van der Waals surface area contributed by atoms with E-state index < -0.39 is 0 Å². The fourth-order valence-electron chi connectivity index (χ4n) is 1.83. The minimum atomic E-state index is 0.577. The third-order valence-electron chi connectivity index (χ3n) is 2.92. The first-order chi connectivity index (χ1) is 8.31. The van der Waals surface area contributed by atoms with E-state index in [0.717, 1.165) is 17.5 Å². The Bertz CT molecular complexity index is 336. The number of nitrogens with zero attached hydrogens (tertiary/aromatic N) is 4. The predicted molar refractivity (Wildman–Crippen MR) is 69.2 cm³/mol. The van der Waals surface area contributed by atoms with Crippen molar-refractivity contribution in [3.63, 3.8) is 0 Å². The molecule has 1 aromatic rings. The molecule has 1 fully saturated rings. The molecule has 1 saturated carbocycles. The Balaban J connectivity index is 1.66. The molecular weight excluding hydrogens is 234 g/mol. The van der Waals surface area contributed by atoms with E-state index in [0.29, 0.717) is 12.1 Å². The molecule has 0 bridgehead atoms. The van der Waals surface area contributed by atoms with E-state index in [4.69, 9.17) is 0 Å². The maximum absolute atomic E-state index is 4.08. The molecule has 0 aromatic carbocycles. The van der Waals surface area contributed by atoms with Gasteiger partial charge in [-0.1, -0.05) is 18.7 Å². The molecule has 1 atom stereocenters. The molecule has 1 heterocycles. The minimum Gasteiger partial charge on any atom is -0.315 e. The lowest BCUT2D eigenvalue weighted by atomic mass is 10.2. The molecule has 0 aliphatic heterocycles. The predicted octanol–water partition coefficient (Wildman–Crippen LogP) is 1.88. The Labute approximate surface area is 107 Å². The van der Waals surface area contributed by atoms with Gasteiger partial charge in [0.1, 0.15) is 0 Å². The Hall–Kier alpha value is -0.620. The Morgan fingerprint density at radius 1 is 1.53 bits per heavy atom. The van der Waals surface area contributed by atoms with Gasteiger partial charge in [-0.3, -0.25) is 0 Å². The highest BCUT2D eigenvalue weighted by Gasteiger charge is 2.27. The molecule has 1 aromatic heterocycles. The fourth-order valence-corrected chi connectivity index (χ4v) is 2.74. The summed E-state index contributed by atoms with van der Waals surface area (Å²) in [7, 11) is 0. The molecule has 0 spiro atoms. The molecule has 5 nitrogen and oxygen atoms in total. The number of nitrogens with one attached hydrogen (secondary N) is 1. The molecule has 1 N–H and O–H groups in total. The Kier molecular flexibility index (Phi) is 4.79. The van der Waals surface area contributed by atoms with Crippen molar-refractivity contribution in [2.75, 3.05) is 12.3 Å². The number of hydrogen-bond acceptors (Lipinski definition) is 5. The van der Waals surface area contributed by atoms with Gasteiger partial charge in [-0.15, -0.1) is 5.10 Å². The van der Waals surface area contributed by atoms with Crippen molar-refractivity contribution in [2.24, 2.45) is 0 Å². The highest BCUT2D eigenvalue weighted by atomic mass is 32.2. The summed E-state index contributed by atoms with van der Waals surface area (Å²) in [6.45, 7) is 5.44. The summed E-state index contributed by atoms with van der Waals surface area (Å²) in [6, 6.07) is 1.19. The van der Waals surface area contributed by atoms with E-state index >= 15 is 0 Å². The lowest BCUT2D eigenvalue weighted by Gasteiger charge is -2.11. The van der Waals surface area contributed by atoms with Crippen LogP contribution < -0.4 is 5.32 Å². The first kappa shape index (κ1) is 12.8. The summed E-state index contributed by atoms with van der Waals surface area (Å²) in [4.78, 5) is 0. The van der Waals surface area contributed by atoms with Crippen molar-refractivity contribution >= 4 is 11.8 Å². The van der Waals surface area contributed by atoms with Crippen molar-refractivity contribution in [3.8, 4) is 0 Å². The van der Waals surface area contributed by atoms with Crippen LogP contribution in [-0.2, 0) is 0 Å². The summed E-state index contributed by atoms with van der Waals surface area (Å²) in [5, 5.41) is 16.3. The zero-order valence-electron chi connectivity index (χ0n) is 10.6. The Morgan fingerprint density at radius 2 is 2.35 bits per heavy atom. The van der Waals surface area contributed by atoms with Gasteiger partial charge >= 0.3 is 0 Å². The van der Waals surface area contributed by atoms with Crippen molar-refractivity contribution in [1.82, 2.24) is 25.5 Å². The van der Waals surface area contributed by atoms with Gasteiger partial charge < -0.3 is 5.32 Å². The summed E-state index contributed by atoms with van der Waals surface area (Å²) in [5.74, 6) is 1.10. The topological polar surface area (TPSA) is 55.6 Å². The molecule has 2 rings (SSSR count). The van der Waals surface area contributed by atoms with Crippen molar-refractivity contribution < 1.29 is 0 Å². The smallest absolute Gasteiger partial charge is 0.209 e. The van der Waals surface area contributed by atoms with Gasteiger partial charge in [0.05, 0.1) is 6.04 Å². The molecule has 0 radical (unpaired) electrons. The molecule has 6 heteroatoms. The minimum absolute atomic E-state index is 0.577. The maximum Gasteiger partial charge on any atom is 0.209 e. The molecule has 0 amide bonds. The Morgan fingerprint density at radius 3 is 3.06 bits per heavy atom. The molecule has 1 unspecified atom stereocenters. The second-order valence-corrected chi connectivity index (χ2v) is 5.65. The number of thioether (sulfide) groups is 1. The zero-order chi connectivity index (χ0) is 12.1. The second kappa shape index (κ2) is 6.35. The van der Waals surface area contributed by atoms with Crippen molar-refractivity contribution in [2.45, 2.75) is 56.8 Å². The average molecular weight is 255 g/mol. The van der Waals surface area contributed by atoms with Crippen LogP contribution >= 0.6 is 11.8 Å². The highest BCUT2D eigenvalue weighted by molar-refractivity contribution is 7.99. The number of aromatic nitrogens is 4. The van der Waals surface area contributed by atoms with Crippen LogP contribution in [0.25, 0.3) is 0 Å². The largest absolute Gasteiger partial charge is 0.315 e. The summed E-state index contributed by atoms with van der Waals surface area (Å²) < 4.78 is 1.98. The summed E-state index contributed by atoms with van der Waals surface area (Å²) in [5.41, 5.74) is 0. The molecule has 17 heavy (non-hydrogen) atoms. The van der Waals surface area contributed by atoms with Crippen LogP contribution in [0.3, 0.4) is 0 Å². The van der Waals surface area contributed by atoms with Crippen molar-refractivity contribution in [1.29, 1.82) is 0 Å². The molecule has 1 aliphatic carbocycles. The van der Waals surface area contributed by atoms with E-state index in [2.05, 4.69) is 34.7 Å². The van der Waals surface area contributed by atoms with E-state index in [9.17, 15) is 0 Å². The number of hydrogen-bond donors (Lipinski definition) is 1. The highest BCUT2D eigenvalue weighted by Crippen LogP contribution is 2.36. The average Bonchev–Trinajstić information content (AvgIpc) is 3.05. The third kappa shape index (κ3) is 3.96.